The van der Waals surface area contributed by atoms with E-state index < -0.39 is 6.36 Å². The van der Waals surface area contributed by atoms with Crippen LogP contribution in [0.1, 0.15) is 12.0 Å². The van der Waals surface area contributed by atoms with Crippen LogP contribution in [0, 0.1) is 5.92 Å². The molecule has 0 amide bonds. The van der Waals surface area contributed by atoms with Gasteiger partial charge in [0, 0.05) is 37.4 Å². The van der Waals surface area contributed by atoms with Crippen LogP contribution in [0.15, 0.2) is 67.1 Å². The number of benzene rings is 1. The van der Waals surface area contributed by atoms with Crippen LogP contribution in [0.4, 0.5) is 18.9 Å². The maximum absolute atomic E-state index is 12.5. The number of hydrogen-bond acceptors (Lipinski definition) is 5. The second-order valence-electron chi connectivity index (χ2n) is 7.41. The van der Waals surface area contributed by atoms with Gasteiger partial charge in [-0.1, -0.05) is 12.1 Å². The number of aromatic nitrogens is 1. The summed E-state index contributed by atoms with van der Waals surface area (Å²) >= 11 is 0. The van der Waals surface area contributed by atoms with Crippen LogP contribution in [-0.4, -0.2) is 42.0 Å². The van der Waals surface area contributed by atoms with E-state index in [0.29, 0.717) is 12.5 Å². The Labute approximate surface area is 173 Å². The highest BCUT2D eigenvalue weighted by molar-refractivity contribution is 5.76. The molecule has 1 fully saturated rings. The van der Waals surface area contributed by atoms with Crippen molar-refractivity contribution >= 4 is 11.3 Å². The van der Waals surface area contributed by atoms with E-state index in [9.17, 15) is 13.2 Å². The average molecular weight is 416 g/mol. The van der Waals surface area contributed by atoms with Crippen LogP contribution in [-0.2, 0) is 0 Å². The minimum Gasteiger partial charge on any atom is -0.406 e. The molecule has 2 atom stereocenters. The van der Waals surface area contributed by atoms with Crippen LogP contribution in [0.5, 0.6) is 5.75 Å². The van der Waals surface area contributed by atoms with Crippen molar-refractivity contribution in [3.63, 3.8) is 0 Å². The zero-order chi connectivity index (χ0) is 21.1. The van der Waals surface area contributed by atoms with Gasteiger partial charge in [-0.25, -0.2) is 0 Å². The Morgan fingerprint density at radius 1 is 1.17 bits per heavy atom. The summed E-state index contributed by atoms with van der Waals surface area (Å²) in [5, 5.41) is 0. The summed E-state index contributed by atoms with van der Waals surface area (Å²) in [6.45, 7) is 2.39. The molecule has 0 spiro atoms. The number of nitrogens with two attached hydrogens (primary N) is 1. The summed E-state index contributed by atoms with van der Waals surface area (Å²) in [5.74, 6) is 0.187. The van der Waals surface area contributed by atoms with Gasteiger partial charge in [0.2, 0.25) is 0 Å². The highest BCUT2D eigenvalue weighted by atomic mass is 19.4. The van der Waals surface area contributed by atoms with Gasteiger partial charge in [0.1, 0.15) is 11.9 Å². The Morgan fingerprint density at radius 2 is 1.97 bits per heavy atom. The van der Waals surface area contributed by atoms with Gasteiger partial charge in [-0.15, -0.1) is 13.2 Å². The molecule has 5 nitrogen and oxygen atoms in total. The molecule has 3 heterocycles. The molecular weight excluding hydrogens is 393 g/mol. The maximum atomic E-state index is 12.5. The number of hydrogen-bond donors (Lipinski definition) is 1. The summed E-state index contributed by atoms with van der Waals surface area (Å²) in [4.78, 5) is 8.68. The highest BCUT2D eigenvalue weighted by Gasteiger charge is 2.35. The number of alkyl halides is 3. The van der Waals surface area contributed by atoms with Crippen LogP contribution >= 0.6 is 0 Å². The fourth-order valence-corrected chi connectivity index (χ4v) is 4.03. The first-order valence-corrected chi connectivity index (χ1v) is 9.81. The van der Waals surface area contributed by atoms with E-state index in [-0.39, 0.29) is 11.9 Å². The van der Waals surface area contributed by atoms with E-state index in [0.717, 1.165) is 36.3 Å². The molecule has 1 aromatic heterocycles. The van der Waals surface area contributed by atoms with E-state index in [1.165, 1.54) is 12.1 Å². The minimum absolute atomic E-state index is 0.106. The molecule has 1 saturated heterocycles. The van der Waals surface area contributed by atoms with Crippen molar-refractivity contribution in [3.8, 4) is 5.75 Å². The monoisotopic (exact) mass is 416 g/mol. The van der Waals surface area contributed by atoms with Gasteiger partial charge in [0.15, 0.2) is 0 Å². The molecule has 1 unspecified atom stereocenters. The molecule has 0 aliphatic carbocycles. The van der Waals surface area contributed by atoms with Crippen LogP contribution in [0.25, 0.3) is 5.57 Å². The molecule has 30 heavy (non-hydrogen) atoms. The summed E-state index contributed by atoms with van der Waals surface area (Å²) in [6, 6.07) is 9.86. The number of allylic oxidation sites excluding steroid dienone is 2. The average Bonchev–Trinajstić information content (AvgIpc) is 3.22. The first kappa shape index (κ1) is 20.4. The predicted molar refractivity (Wildman–Crippen MR) is 109 cm³/mol. The lowest BCUT2D eigenvalue weighted by Gasteiger charge is -2.40. The van der Waals surface area contributed by atoms with Crippen LogP contribution < -0.4 is 15.4 Å². The first-order valence-electron chi connectivity index (χ1n) is 9.81. The lowest BCUT2D eigenvalue weighted by atomic mass is 9.99. The Hall–Kier alpha value is -2.84. The molecule has 2 N–H and O–H groups in total. The third-order valence-electron chi connectivity index (χ3n) is 5.42. The van der Waals surface area contributed by atoms with E-state index in [1.54, 1.807) is 18.3 Å². The number of pyridine rings is 1. The molecule has 8 heteroatoms. The molecule has 4 rings (SSSR count). The quantitative estimate of drug-likeness (QED) is 0.799. The third-order valence-corrected chi connectivity index (χ3v) is 5.42. The zero-order valence-corrected chi connectivity index (χ0v) is 16.3. The Kier molecular flexibility index (Phi) is 5.78. The Morgan fingerprint density at radius 3 is 2.60 bits per heavy atom. The Bertz CT molecular complexity index is 912. The standard InChI is InChI=1S/C22H23F3N4O/c23-22(24,25)30-19-7-5-18(6-8-19)29-11-2-4-20(17-3-1-10-27-14-17)21(29)28-12-9-16(13-26)15-28/h1-8,10-11,14,16,21H,9,12-13,15,26H2/t16?,21-/m1/s1. The van der Waals surface area contributed by atoms with Gasteiger partial charge in [0.05, 0.1) is 0 Å². The van der Waals surface area contributed by atoms with Gasteiger partial charge in [-0.05, 0) is 66.4 Å². The van der Waals surface area contributed by atoms with Crippen molar-refractivity contribution in [1.29, 1.82) is 0 Å². The summed E-state index contributed by atoms with van der Waals surface area (Å²) in [5.41, 5.74) is 8.76. The topological polar surface area (TPSA) is 54.6 Å². The van der Waals surface area contributed by atoms with Crippen molar-refractivity contribution in [2.45, 2.75) is 18.9 Å². The van der Waals surface area contributed by atoms with Crippen molar-refractivity contribution in [1.82, 2.24) is 9.88 Å². The summed E-state index contributed by atoms with van der Waals surface area (Å²) < 4.78 is 41.5. The van der Waals surface area contributed by atoms with Gasteiger partial charge >= 0.3 is 6.36 Å². The molecule has 1 aromatic carbocycles. The fraction of sp³-hybridized carbons (Fsp3) is 0.318. The van der Waals surface area contributed by atoms with Crippen LogP contribution in [0.3, 0.4) is 0 Å². The molecule has 0 saturated carbocycles. The molecule has 158 valence electrons. The van der Waals surface area contributed by atoms with Crippen molar-refractivity contribution < 1.29 is 17.9 Å². The van der Waals surface area contributed by atoms with Crippen LogP contribution in [0.2, 0.25) is 0 Å². The van der Waals surface area contributed by atoms with E-state index in [4.69, 9.17) is 5.73 Å². The smallest absolute Gasteiger partial charge is 0.406 e. The van der Waals surface area contributed by atoms with Gasteiger partial charge < -0.3 is 15.4 Å². The van der Waals surface area contributed by atoms with Crippen molar-refractivity contribution in [2.75, 3.05) is 24.5 Å². The fourth-order valence-electron chi connectivity index (χ4n) is 4.03. The number of ether oxygens (including phenoxy) is 1. The molecule has 0 radical (unpaired) electrons. The van der Waals surface area contributed by atoms with Gasteiger partial charge in [0.25, 0.3) is 0 Å². The minimum atomic E-state index is -4.71. The van der Waals surface area contributed by atoms with Gasteiger partial charge in [-0.2, -0.15) is 0 Å². The molecule has 2 aromatic rings. The number of anilines is 1. The molecule has 0 bridgehead atoms. The maximum Gasteiger partial charge on any atom is 0.573 e. The normalized spacial score (nSPS) is 22.3. The lowest BCUT2D eigenvalue weighted by Crippen LogP contribution is -2.47. The van der Waals surface area contributed by atoms with Crippen molar-refractivity contribution in [2.24, 2.45) is 11.7 Å². The number of nitrogens with zero attached hydrogens (tertiary/aromatic N) is 3. The second-order valence-corrected chi connectivity index (χ2v) is 7.41. The molecule has 2 aliphatic heterocycles. The number of halogens is 3. The lowest BCUT2D eigenvalue weighted by molar-refractivity contribution is -0.274. The van der Waals surface area contributed by atoms with Crippen molar-refractivity contribution in [3.05, 3.63) is 72.7 Å². The summed E-state index contributed by atoms with van der Waals surface area (Å²) in [7, 11) is 0. The number of likely N-dealkylation sites (tertiary alicyclic amines) is 1. The van der Waals surface area contributed by atoms with Gasteiger partial charge in [-0.3, -0.25) is 9.88 Å². The Balaban J connectivity index is 1.66. The third kappa shape index (κ3) is 4.49. The molecular formula is C22H23F3N4O. The SMILES string of the molecule is NCC1CCN([C@H]2C(c3cccnc3)=CC=CN2c2ccc(OC(F)(F)F)cc2)C1. The van der Waals surface area contributed by atoms with E-state index in [1.807, 2.05) is 30.6 Å². The zero-order valence-electron chi connectivity index (χ0n) is 16.3. The first-order chi connectivity index (χ1) is 14.4. The predicted octanol–water partition coefficient (Wildman–Crippen LogP) is 4.00. The summed E-state index contributed by atoms with van der Waals surface area (Å²) in [6.07, 6.45) is 5.71. The largest absolute Gasteiger partial charge is 0.573 e. The molecule has 2 aliphatic rings. The highest BCUT2D eigenvalue weighted by Crippen LogP contribution is 2.35. The van der Waals surface area contributed by atoms with E-state index in [2.05, 4.69) is 25.6 Å². The van der Waals surface area contributed by atoms with E-state index >= 15 is 0 Å². The second kappa shape index (κ2) is 8.49. The number of rotatable bonds is 5.